The van der Waals surface area contributed by atoms with Crippen molar-refractivity contribution < 1.29 is 19.3 Å². The zero-order valence-corrected chi connectivity index (χ0v) is 18.7. The molecule has 8 heteroatoms. The maximum Gasteiger partial charge on any atom is 0.231 e. The molecule has 2 aromatic carbocycles. The van der Waals surface area contributed by atoms with E-state index in [0.29, 0.717) is 18.2 Å². The van der Waals surface area contributed by atoms with Crippen molar-refractivity contribution in [2.45, 2.75) is 38.4 Å². The molecule has 0 amide bonds. The number of nitrogens with two attached hydrogens (primary N) is 1. The number of nitrogens with one attached hydrogen (secondary N) is 1. The zero-order valence-electron chi connectivity index (χ0n) is 17.9. The minimum absolute atomic E-state index is 0.0248. The molecule has 0 saturated carbocycles. The van der Waals surface area contributed by atoms with Crippen molar-refractivity contribution in [3.8, 4) is 17.2 Å². The summed E-state index contributed by atoms with van der Waals surface area (Å²) in [5, 5.41) is 13.1. The molecule has 1 unspecified atom stereocenters. The Hall–Kier alpha value is -2.55. The third-order valence-electron chi connectivity index (χ3n) is 5.14. The van der Waals surface area contributed by atoms with Crippen LogP contribution in [0, 0.1) is 0 Å². The van der Waals surface area contributed by atoms with Crippen molar-refractivity contribution in [3.05, 3.63) is 53.6 Å². The van der Waals surface area contributed by atoms with Gasteiger partial charge in [-0.1, -0.05) is 24.6 Å². The minimum atomic E-state index is -0.149. The minimum Gasteiger partial charge on any atom is -0.497 e. The number of aliphatic hydroxyl groups excluding tert-OH is 1. The molecule has 1 heterocycles. The van der Waals surface area contributed by atoms with Gasteiger partial charge in [-0.3, -0.25) is 0 Å². The molecule has 0 fully saturated rings. The average molecular weight is 446 g/mol. The summed E-state index contributed by atoms with van der Waals surface area (Å²) in [6, 6.07) is 13.8. The van der Waals surface area contributed by atoms with E-state index in [1.54, 1.807) is 7.11 Å². The predicted octanol–water partition coefficient (Wildman–Crippen LogP) is 2.79. The lowest BCUT2D eigenvalue weighted by atomic mass is 10.1. The van der Waals surface area contributed by atoms with Crippen molar-refractivity contribution >= 4 is 17.3 Å². The Morgan fingerprint density at radius 1 is 1.13 bits per heavy atom. The molecule has 2 aromatic rings. The molecule has 3 rings (SSSR count). The fraction of sp³-hybridized carbons (Fsp3) is 0.435. The molecule has 4 N–H and O–H groups in total. The predicted molar refractivity (Wildman–Crippen MR) is 124 cm³/mol. The van der Waals surface area contributed by atoms with Crippen LogP contribution in [0.1, 0.15) is 30.4 Å². The van der Waals surface area contributed by atoms with E-state index >= 15 is 0 Å². The number of rotatable bonds is 11. The van der Waals surface area contributed by atoms with E-state index < -0.39 is 0 Å². The largest absolute Gasteiger partial charge is 0.497 e. The van der Waals surface area contributed by atoms with Crippen LogP contribution in [0.25, 0.3) is 0 Å². The Morgan fingerprint density at radius 3 is 2.58 bits per heavy atom. The SMILES string of the molecule is COc1ccc(CN(Cc2ccc3c(c2)OCO3)C(=S)NCCCCC(N)CO)cc1. The number of thiocarbonyl (C=S) groups is 1. The van der Waals surface area contributed by atoms with Gasteiger partial charge in [0.25, 0.3) is 0 Å². The smallest absolute Gasteiger partial charge is 0.231 e. The van der Waals surface area contributed by atoms with E-state index in [-0.39, 0.29) is 19.4 Å². The van der Waals surface area contributed by atoms with Crippen LogP contribution in [0.3, 0.4) is 0 Å². The van der Waals surface area contributed by atoms with Crippen molar-refractivity contribution in [1.29, 1.82) is 0 Å². The van der Waals surface area contributed by atoms with Crippen LogP contribution < -0.4 is 25.3 Å². The van der Waals surface area contributed by atoms with E-state index in [0.717, 1.165) is 54.2 Å². The monoisotopic (exact) mass is 445 g/mol. The number of benzene rings is 2. The summed E-state index contributed by atoms with van der Waals surface area (Å²) in [4.78, 5) is 2.13. The van der Waals surface area contributed by atoms with Gasteiger partial charge >= 0.3 is 0 Å². The van der Waals surface area contributed by atoms with Gasteiger partial charge in [0.1, 0.15) is 5.75 Å². The van der Waals surface area contributed by atoms with Crippen LogP contribution in [-0.4, -0.2) is 48.2 Å². The van der Waals surface area contributed by atoms with Crippen LogP contribution >= 0.6 is 12.2 Å². The molecule has 168 valence electrons. The van der Waals surface area contributed by atoms with Gasteiger partial charge in [0.15, 0.2) is 16.6 Å². The normalized spacial score (nSPS) is 13.0. The molecular weight excluding hydrogens is 414 g/mol. The molecule has 0 saturated heterocycles. The molecule has 0 bridgehead atoms. The van der Waals surface area contributed by atoms with Crippen LogP contribution in [0.2, 0.25) is 0 Å². The highest BCUT2D eigenvalue weighted by Gasteiger charge is 2.16. The first-order chi connectivity index (χ1) is 15.1. The molecule has 31 heavy (non-hydrogen) atoms. The van der Waals surface area contributed by atoms with Crippen molar-refractivity contribution in [2.75, 3.05) is 27.1 Å². The van der Waals surface area contributed by atoms with Gasteiger partial charge in [-0.25, -0.2) is 0 Å². The lowest BCUT2D eigenvalue weighted by Gasteiger charge is -2.26. The first kappa shape index (κ1) is 23.1. The molecule has 7 nitrogen and oxygen atoms in total. The third-order valence-corrected chi connectivity index (χ3v) is 5.55. The van der Waals surface area contributed by atoms with Crippen LogP contribution in [0.5, 0.6) is 17.2 Å². The number of hydrogen-bond donors (Lipinski definition) is 3. The fourth-order valence-corrected chi connectivity index (χ4v) is 3.57. The van der Waals surface area contributed by atoms with E-state index in [2.05, 4.69) is 10.2 Å². The number of fused-ring (bicyclic) bond motifs is 1. The average Bonchev–Trinajstić information content (AvgIpc) is 3.26. The lowest BCUT2D eigenvalue weighted by molar-refractivity contribution is 0.174. The Bertz CT molecular complexity index is 847. The molecule has 0 spiro atoms. The zero-order chi connectivity index (χ0) is 22.1. The second-order valence-corrected chi connectivity index (χ2v) is 7.95. The molecule has 1 atom stereocenters. The summed E-state index contributed by atoms with van der Waals surface area (Å²) in [5.41, 5.74) is 7.99. The Balaban J connectivity index is 1.62. The van der Waals surface area contributed by atoms with Crippen LogP contribution in [0.4, 0.5) is 0 Å². The van der Waals surface area contributed by atoms with E-state index in [1.165, 1.54) is 0 Å². The standard InChI is InChI=1S/C23H31N3O4S/c1-28-20-8-5-17(6-9-20)13-26(23(31)25-11-3-2-4-19(24)15-27)14-18-7-10-21-22(12-18)30-16-29-21/h5-10,12,19,27H,2-4,11,13-16,24H2,1H3,(H,25,31). The second kappa shape index (κ2) is 11.7. The van der Waals surface area contributed by atoms with Crippen LogP contribution in [-0.2, 0) is 13.1 Å². The highest BCUT2D eigenvalue weighted by Crippen LogP contribution is 2.33. The summed E-state index contributed by atoms with van der Waals surface area (Å²) in [7, 11) is 1.66. The number of nitrogens with zero attached hydrogens (tertiary/aromatic N) is 1. The van der Waals surface area contributed by atoms with E-state index in [4.69, 9.17) is 37.3 Å². The van der Waals surface area contributed by atoms with Gasteiger partial charge in [0, 0.05) is 25.7 Å². The summed E-state index contributed by atoms with van der Waals surface area (Å²) >= 11 is 5.72. The molecule has 0 aromatic heterocycles. The molecule has 0 aliphatic carbocycles. The first-order valence-corrected chi connectivity index (χ1v) is 10.9. The van der Waals surface area contributed by atoms with Gasteiger partial charge in [-0.05, 0) is 60.5 Å². The van der Waals surface area contributed by atoms with E-state index in [9.17, 15) is 0 Å². The van der Waals surface area contributed by atoms with E-state index in [1.807, 2.05) is 42.5 Å². The summed E-state index contributed by atoms with van der Waals surface area (Å²) in [6.07, 6.45) is 2.68. The van der Waals surface area contributed by atoms with Gasteiger partial charge in [-0.15, -0.1) is 0 Å². The number of unbranched alkanes of at least 4 members (excludes halogenated alkanes) is 1. The topological polar surface area (TPSA) is 89.2 Å². The summed E-state index contributed by atoms with van der Waals surface area (Å²) in [5.74, 6) is 2.36. The Labute approximate surface area is 189 Å². The number of ether oxygens (including phenoxy) is 3. The number of hydrogen-bond acceptors (Lipinski definition) is 6. The van der Waals surface area contributed by atoms with Crippen molar-refractivity contribution in [1.82, 2.24) is 10.2 Å². The highest BCUT2D eigenvalue weighted by atomic mass is 32.1. The van der Waals surface area contributed by atoms with Gasteiger partial charge < -0.3 is 35.3 Å². The van der Waals surface area contributed by atoms with Gasteiger partial charge in [-0.2, -0.15) is 0 Å². The Kier molecular flexibility index (Phi) is 8.75. The van der Waals surface area contributed by atoms with Gasteiger partial charge in [0.05, 0.1) is 13.7 Å². The first-order valence-electron chi connectivity index (χ1n) is 10.5. The van der Waals surface area contributed by atoms with Crippen LogP contribution in [0.15, 0.2) is 42.5 Å². The molecular formula is C23H31N3O4S. The third kappa shape index (κ3) is 6.99. The molecule has 1 aliphatic rings. The second-order valence-electron chi connectivity index (χ2n) is 7.56. The Morgan fingerprint density at radius 2 is 1.84 bits per heavy atom. The molecule has 1 aliphatic heterocycles. The summed E-state index contributed by atoms with van der Waals surface area (Å²) < 4.78 is 16.2. The quantitative estimate of drug-likeness (QED) is 0.359. The number of aliphatic hydroxyl groups is 1. The summed E-state index contributed by atoms with van der Waals surface area (Å²) in [6.45, 7) is 2.35. The number of methoxy groups -OCH3 is 1. The maximum absolute atomic E-state index is 9.03. The fourth-order valence-electron chi connectivity index (χ4n) is 3.34. The van der Waals surface area contributed by atoms with Crippen molar-refractivity contribution in [3.63, 3.8) is 0 Å². The lowest BCUT2D eigenvalue weighted by Crippen LogP contribution is -2.39. The van der Waals surface area contributed by atoms with Crippen molar-refractivity contribution in [2.24, 2.45) is 5.73 Å². The maximum atomic E-state index is 9.03. The highest BCUT2D eigenvalue weighted by molar-refractivity contribution is 7.80. The van der Waals surface area contributed by atoms with Gasteiger partial charge in [0.2, 0.25) is 6.79 Å². The molecule has 0 radical (unpaired) electrons.